The van der Waals surface area contributed by atoms with E-state index >= 15 is 0 Å². The van der Waals surface area contributed by atoms with Gasteiger partial charge >= 0.3 is 0 Å². The highest BCUT2D eigenvalue weighted by Gasteiger charge is 2.50. The van der Waals surface area contributed by atoms with Gasteiger partial charge in [-0.2, -0.15) is 0 Å². The number of fused-ring (bicyclic) bond motifs is 3. The second kappa shape index (κ2) is 12.7. The van der Waals surface area contributed by atoms with E-state index in [0.717, 1.165) is 5.76 Å². The molecule has 1 aliphatic carbocycles. The highest BCUT2D eigenvalue weighted by Crippen LogP contribution is 2.33. The van der Waals surface area contributed by atoms with Gasteiger partial charge in [-0.25, -0.2) is 0 Å². The van der Waals surface area contributed by atoms with Crippen LogP contribution < -0.4 is 10.6 Å². The molecule has 4 amide bonds. The zero-order chi connectivity index (χ0) is 30.0. The zero-order valence-corrected chi connectivity index (χ0v) is 25.3. The van der Waals surface area contributed by atoms with E-state index in [9.17, 15) is 19.2 Å². The molecule has 3 aliphatic heterocycles. The molecule has 2 bridgehead atoms. The molecule has 0 aromatic carbocycles. The maximum absolute atomic E-state index is 14.2. The number of carbonyl (C=O) groups excluding carboxylic acids is 4. The van der Waals surface area contributed by atoms with Crippen molar-refractivity contribution in [3.05, 3.63) is 35.9 Å². The first-order valence-electron chi connectivity index (χ1n) is 14.7. The molecule has 2 saturated heterocycles. The summed E-state index contributed by atoms with van der Waals surface area (Å²) < 4.78 is 12.0. The van der Waals surface area contributed by atoms with Crippen molar-refractivity contribution in [2.45, 2.75) is 84.2 Å². The molecule has 11 heteroatoms. The van der Waals surface area contributed by atoms with E-state index < -0.39 is 30.1 Å². The van der Waals surface area contributed by atoms with Gasteiger partial charge in [0.05, 0.1) is 25.6 Å². The first-order chi connectivity index (χ1) is 19.5. The van der Waals surface area contributed by atoms with Gasteiger partial charge in [0.25, 0.3) is 0 Å². The van der Waals surface area contributed by atoms with Crippen LogP contribution in [0.4, 0.5) is 0 Å². The van der Waals surface area contributed by atoms with Crippen LogP contribution in [-0.2, 0) is 28.7 Å². The van der Waals surface area contributed by atoms with Crippen molar-refractivity contribution in [3.63, 3.8) is 0 Å². The Morgan fingerprint density at radius 3 is 2.51 bits per heavy atom. The molecule has 2 fully saturated rings. The Kier molecular flexibility index (Phi) is 9.46. The van der Waals surface area contributed by atoms with E-state index in [1.54, 1.807) is 23.1 Å². The van der Waals surface area contributed by atoms with E-state index in [1.165, 1.54) is 0 Å². The minimum atomic E-state index is -0.961. The van der Waals surface area contributed by atoms with Crippen molar-refractivity contribution < 1.29 is 28.7 Å². The average molecular weight is 572 g/mol. The standard InChI is InChI=1S/C30H45N5O6/c1-8-18(4)24-27(36)31-13-11-20-15-21(9-10-22(20)40-7)41-23-12-14-34(26(23)28(37)32-24)30(39)25(17(2)3)35-16-33(6)19(5)29(35)38/h9-11,13,17-20,23-26H,8,12,14-16H2,1-7H3,(H,31,36)(H,32,37). The molecule has 2 N–H and O–H groups in total. The SMILES string of the molecule is CCC(C)C1NC(=O)C2C(CCN2C(=O)C(C(C)C)N2CN(C)C(C)C2=O)OC2=CC=C(OC)C(C=CNC1=O)C2. The number of hydrogen-bond acceptors (Lipinski definition) is 7. The van der Waals surface area contributed by atoms with Crippen molar-refractivity contribution in [2.75, 3.05) is 27.4 Å². The molecular weight excluding hydrogens is 526 g/mol. The topological polar surface area (TPSA) is 121 Å². The highest BCUT2D eigenvalue weighted by molar-refractivity contribution is 5.96. The summed E-state index contributed by atoms with van der Waals surface area (Å²) in [6.45, 7) is 10.2. The maximum atomic E-state index is 14.2. The molecule has 4 aliphatic rings. The molecule has 4 rings (SSSR count). The van der Waals surface area contributed by atoms with E-state index in [2.05, 4.69) is 10.6 Å². The molecule has 7 unspecified atom stereocenters. The van der Waals surface area contributed by atoms with Gasteiger partial charge in [0.2, 0.25) is 23.6 Å². The third-order valence-corrected chi connectivity index (χ3v) is 8.90. The van der Waals surface area contributed by atoms with Gasteiger partial charge in [-0.05, 0) is 38.0 Å². The summed E-state index contributed by atoms with van der Waals surface area (Å²) in [4.78, 5) is 59.7. The number of methoxy groups -OCH3 is 1. The van der Waals surface area contributed by atoms with Gasteiger partial charge in [-0.3, -0.25) is 24.1 Å². The van der Waals surface area contributed by atoms with Crippen LogP contribution in [0.3, 0.4) is 0 Å². The number of carbonyl (C=O) groups is 4. The minimum Gasteiger partial charge on any atom is -0.500 e. The summed E-state index contributed by atoms with van der Waals surface area (Å²) in [6.07, 6.45) is 8.10. The Morgan fingerprint density at radius 1 is 1.17 bits per heavy atom. The summed E-state index contributed by atoms with van der Waals surface area (Å²) in [5.74, 6) is -0.229. The van der Waals surface area contributed by atoms with E-state index in [1.807, 2.05) is 64.8 Å². The summed E-state index contributed by atoms with van der Waals surface area (Å²) in [6, 6.07) is -2.82. The lowest BCUT2D eigenvalue weighted by molar-refractivity contribution is -0.150. The quantitative estimate of drug-likeness (QED) is 0.498. The van der Waals surface area contributed by atoms with Gasteiger partial charge in [0.1, 0.15) is 30.0 Å². The van der Waals surface area contributed by atoms with Gasteiger partial charge in [0, 0.05) is 31.5 Å². The monoisotopic (exact) mass is 571 g/mol. The molecule has 41 heavy (non-hydrogen) atoms. The first kappa shape index (κ1) is 30.6. The fraction of sp³-hybridized carbons (Fsp3) is 0.667. The normalized spacial score (nSPS) is 30.6. The highest BCUT2D eigenvalue weighted by atomic mass is 16.5. The average Bonchev–Trinajstić information content (AvgIpc) is 3.47. The van der Waals surface area contributed by atoms with Crippen LogP contribution in [0.15, 0.2) is 35.9 Å². The number of nitrogens with one attached hydrogen (secondary N) is 2. The molecule has 0 radical (unpaired) electrons. The van der Waals surface area contributed by atoms with Gasteiger partial charge in [-0.15, -0.1) is 0 Å². The number of ether oxygens (including phenoxy) is 2. The molecule has 0 aromatic heterocycles. The fourth-order valence-corrected chi connectivity index (χ4v) is 6.10. The number of amides is 4. The largest absolute Gasteiger partial charge is 0.500 e. The number of nitrogens with zero attached hydrogens (tertiary/aromatic N) is 3. The molecule has 226 valence electrons. The van der Waals surface area contributed by atoms with Crippen molar-refractivity contribution in [3.8, 4) is 0 Å². The van der Waals surface area contributed by atoms with Crippen LogP contribution >= 0.6 is 0 Å². The minimum absolute atomic E-state index is 0.105. The van der Waals surface area contributed by atoms with E-state index in [0.29, 0.717) is 38.2 Å². The van der Waals surface area contributed by atoms with Crippen LogP contribution in [-0.4, -0.2) is 96.0 Å². The Labute approximate surface area is 242 Å². The maximum Gasteiger partial charge on any atom is 0.247 e. The molecule has 11 nitrogen and oxygen atoms in total. The molecular formula is C30H45N5O6. The number of likely N-dealkylation sites (N-methyl/N-ethyl adjacent to an activating group) is 1. The van der Waals surface area contributed by atoms with Crippen molar-refractivity contribution in [1.82, 2.24) is 25.3 Å². The number of hydrogen-bond donors (Lipinski definition) is 2. The van der Waals surface area contributed by atoms with Crippen LogP contribution in [0, 0.1) is 17.8 Å². The molecule has 3 heterocycles. The van der Waals surface area contributed by atoms with E-state index in [4.69, 9.17) is 9.47 Å². The lowest BCUT2D eigenvalue weighted by atomic mass is 9.96. The van der Waals surface area contributed by atoms with Crippen LogP contribution in [0.2, 0.25) is 0 Å². The number of allylic oxidation sites excluding steroid dienone is 4. The third kappa shape index (κ3) is 6.14. The predicted octanol–water partition coefficient (Wildman–Crippen LogP) is 1.73. The van der Waals surface area contributed by atoms with Crippen LogP contribution in [0.1, 0.15) is 53.9 Å². The molecule has 7 atom stereocenters. The van der Waals surface area contributed by atoms with Crippen molar-refractivity contribution >= 4 is 23.6 Å². The molecule has 0 saturated carbocycles. The second-order valence-corrected chi connectivity index (χ2v) is 11.9. The summed E-state index contributed by atoms with van der Waals surface area (Å²) in [5.41, 5.74) is 0. The lowest BCUT2D eigenvalue weighted by Gasteiger charge is -2.36. The Bertz CT molecular complexity index is 1130. The predicted molar refractivity (Wildman–Crippen MR) is 153 cm³/mol. The summed E-state index contributed by atoms with van der Waals surface area (Å²) >= 11 is 0. The number of rotatable bonds is 6. The van der Waals surface area contributed by atoms with Crippen molar-refractivity contribution in [2.24, 2.45) is 17.8 Å². The van der Waals surface area contributed by atoms with Crippen LogP contribution in [0.5, 0.6) is 0 Å². The summed E-state index contributed by atoms with van der Waals surface area (Å²) in [5, 5.41) is 5.77. The van der Waals surface area contributed by atoms with Crippen molar-refractivity contribution in [1.29, 1.82) is 0 Å². The number of likely N-dealkylation sites (tertiary alicyclic amines) is 1. The summed E-state index contributed by atoms with van der Waals surface area (Å²) in [7, 11) is 3.46. The molecule has 0 spiro atoms. The molecule has 0 aromatic rings. The second-order valence-electron chi connectivity index (χ2n) is 11.9. The third-order valence-electron chi connectivity index (χ3n) is 8.90. The van der Waals surface area contributed by atoms with Crippen LogP contribution in [0.25, 0.3) is 0 Å². The van der Waals surface area contributed by atoms with Gasteiger partial charge in [0.15, 0.2) is 0 Å². The van der Waals surface area contributed by atoms with Gasteiger partial charge < -0.3 is 29.9 Å². The zero-order valence-electron chi connectivity index (χ0n) is 25.3. The Balaban J connectivity index is 1.70. The lowest BCUT2D eigenvalue weighted by Crippen LogP contribution is -2.60. The first-order valence-corrected chi connectivity index (χ1v) is 14.7. The Hall–Kier alpha value is -3.34. The smallest absolute Gasteiger partial charge is 0.247 e. The Morgan fingerprint density at radius 2 is 1.90 bits per heavy atom. The van der Waals surface area contributed by atoms with E-state index in [-0.39, 0.29) is 41.5 Å². The van der Waals surface area contributed by atoms with Gasteiger partial charge in [-0.1, -0.05) is 40.2 Å². The fourth-order valence-electron chi connectivity index (χ4n) is 6.10.